The molecule has 0 radical (unpaired) electrons. The van der Waals surface area contributed by atoms with Gasteiger partial charge in [0.25, 0.3) is 0 Å². The third-order valence-corrected chi connectivity index (χ3v) is 6.81. The van der Waals surface area contributed by atoms with Gasteiger partial charge in [-0.1, -0.05) is 46.0 Å². The average Bonchev–Trinajstić information content (AvgIpc) is 2.72. The standard InChI is InChI=1S/C25H38O3/c1-3-5-6-16-27-23-12-14-24(15-13-23)28-25(26)22-11-10-20-17-19(7-4-2)8-9-21(20)18-22/h12-15,19-22H,3-11,16-18H2,1-2H3. The molecule has 28 heavy (non-hydrogen) atoms. The second kappa shape index (κ2) is 10.9. The van der Waals surface area contributed by atoms with Crippen molar-refractivity contribution in [3.63, 3.8) is 0 Å². The van der Waals surface area contributed by atoms with Crippen LogP contribution >= 0.6 is 0 Å². The van der Waals surface area contributed by atoms with E-state index in [0.29, 0.717) is 5.75 Å². The fourth-order valence-electron chi connectivity index (χ4n) is 5.22. The lowest BCUT2D eigenvalue weighted by Gasteiger charge is -2.41. The second-order valence-electron chi connectivity index (χ2n) is 8.95. The Morgan fingerprint density at radius 2 is 1.61 bits per heavy atom. The summed E-state index contributed by atoms with van der Waals surface area (Å²) < 4.78 is 11.4. The Balaban J connectivity index is 1.44. The molecule has 0 saturated heterocycles. The van der Waals surface area contributed by atoms with Crippen LogP contribution < -0.4 is 9.47 Å². The van der Waals surface area contributed by atoms with Gasteiger partial charge in [-0.2, -0.15) is 0 Å². The van der Waals surface area contributed by atoms with E-state index < -0.39 is 0 Å². The van der Waals surface area contributed by atoms with Gasteiger partial charge in [-0.25, -0.2) is 0 Å². The highest BCUT2D eigenvalue weighted by Crippen LogP contribution is 2.46. The number of fused-ring (bicyclic) bond motifs is 1. The molecule has 156 valence electrons. The van der Waals surface area contributed by atoms with Crippen molar-refractivity contribution in [2.45, 2.75) is 84.5 Å². The van der Waals surface area contributed by atoms with Gasteiger partial charge in [0.1, 0.15) is 11.5 Å². The Morgan fingerprint density at radius 1 is 0.893 bits per heavy atom. The van der Waals surface area contributed by atoms with Gasteiger partial charge in [0.2, 0.25) is 0 Å². The number of carbonyl (C=O) groups is 1. The summed E-state index contributed by atoms with van der Waals surface area (Å²) in [5.41, 5.74) is 0. The highest BCUT2D eigenvalue weighted by atomic mass is 16.5. The summed E-state index contributed by atoms with van der Waals surface area (Å²) in [6.45, 7) is 5.23. The van der Waals surface area contributed by atoms with E-state index in [1.54, 1.807) is 0 Å². The van der Waals surface area contributed by atoms with Crippen LogP contribution in [0.3, 0.4) is 0 Å². The number of benzene rings is 1. The van der Waals surface area contributed by atoms with Crippen molar-refractivity contribution in [1.29, 1.82) is 0 Å². The first-order chi connectivity index (χ1) is 13.7. The number of rotatable bonds is 9. The first-order valence-corrected chi connectivity index (χ1v) is 11.6. The van der Waals surface area contributed by atoms with Gasteiger partial charge in [0.15, 0.2) is 0 Å². The summed E-state index contributed by atoms with van der Waals surface area (Å²) >= 11 is 0. The van der Waals surface area contributed by atoms with Gasteiger partial charge in [-0.3, -0.25) is 4.79 Å². The minimum absolute atomic E-state index is 0.0363. The van der Waals surface area contributed by atoms with E-state index in [1.165, 1.54) is 51.4 Å². The van der Waals surface area contributed by atoms with Crippen molar-refractivity contribution in [2.75, 3.05) is 6.61 Å². The van der Waals surface area contributed by atoms with E-state index in [9.17, 15) is 4.79 Å². The van der Waals surface area contributed by atoms with Gasteiger partial charge in [-0.05, 0) is 80.5 Å². The average molecular weight is 387 g/mol. The molecule has 0 N–H and O–H groups in total. The fourth-order valence-corrected chi connectivity index (χ4v) is 5.22. The number of ether oxygens (including phenoxy) is 2. The van der Waals surface area contributed by atoms with Crippen LogP contribution in [0, 0.1) is 23.7 Å². The lowest BCUT2D eigenvalue weighted by atomic mass is 9.64. The van der Waals surface area contributed by atoms with Gasteiger partial charge in [0, 0.05) is 0 Å². The molecule has 0 heterocycles. The molecule has 2 saturated carbocycles. The lowest BCUT2D eigenvalue weighted by Crippen LogP contribution is -2.35. The molecule has 4 atom stereocenters. The van der Waals surface area contributed by atoms with Crippen molar-refractivity contribution in [3.8, 4) is 11.5 Å². The molecule has 0 aromatic heterocycles. The van der Waals surface area contributed by atoms with Gasteiger partial charge in [0.05, 0.1) is 12.5 Å². The van der Waals surface area contributed by atoms with Crippen LogP contribution in [0.2, 0.25) is 0 Å². The Hall–Kier alpha value is -1.51. The quantitative estimate of drug-likeness (QED) is 0.266. The predicted molar refractivity (Wildman–Crippen MR) is 114 cm³/mol. The van der Waals surface area contributed by atoms with Gasteiger partial charge >= 0.3 is 5.97 Å². The predicted octanol–water partition coefficient (Wildman–Crippen LogP) is 6.79. The monoisotopic (exact) mass is 386 g/mol. The summed E-state index contributed by atoms with van der Waals surface area (Å²) in [5.74, 6) is 4.04. The van der Waals surface area contributed by atoms with Gasteiger partial charge in [-0.15, -0.1) is 0 Å². The molecule has 0 aliphatic heterocycles. The first kappa shape index (κ1) is 21.2. The van der Waals surface area contributed by atoms with Crippen molar-refractivity contribution in [1.82, 2.24) is 0 Å². The minimum atomic E-state index is -0.0363. The first-order valence-electron chi connectivity index (χ1n) is 11.6. The van der Waals surface area contributed by atoms with Crippen LogP contribution in [-0.4, -0.2) is 12.6 Å². The molecular weight excluding hydrogens is 348 g/mol. The van der Waals surface area contributed by atoms with Crippen molar-refractivity contribution < 1.29 is 14.3 Å². The molecule has 4 unspecified atom stereocenters. The summed E-state index contributed by atoms with van der Waals surface area (Å²) in [6, 6.07) is 7.52. The van der Waals surface area contributed by atoms with Crippen LogP contribution in [0.4, 0.5) is 0 Å². The van der Waals surface area contributed by atoms with E-state index in [0.717, 1.165) is 49.4 Å². The summed E-state index contributed by atoms with van der Waals surface area (Å²) in [6.07, 6.45) is 13.4. The maximum absolute atomic E-state index is 12.7. The van der Waals surface area contributed by atoms with Crippen LogP contribution in [0.15, 0.2) is 24.3 Å². The number of carbonyl (C=O) groups excluding carboxylic acids is 1. The number of esters is 1. The molecule has 3 nitrogen and oxygen atoms in total. The molecule has 1 aromatic carbocycles. The molecule has 2 fully saturated rings. The molecule has 2 aliphatic carbocycles. The number of hydrogen-bond acceptors (Lipinski definition) is 3. The largest absolute Gasteiger partial charge is 0.494 e. The molecular formula is C25H38O3. The van der Waals surface area contributed by atoms with E-state index in [4.69, 9.17) is 9.47 Å². The zero-order valence-electron chi connectivity index (χ0n) is 17.8. The Bertz CT molecular complexity index is 594. The summed E-state index contributed by atoms with van der Waals surface area (Å²) in [4.78, 5) is 12.7. The highest BCUT2D eigenvalue weighted by molar-refractivity contribution is 5.75. The molecule has 2 aliphatic rings. The fraction of sp³-hybridized carbons (Fsp3) is 0.720. The Kier molecular flexibility index (Phi) is 8.24. The third-order valence-electron chi connectivity index (χ3n) is 6.81. The Morgan fingerprint density at radius 3 is 2.36 bits per heavy atom. The zero-order valence-corrected chi connectivity index (χ0v) is 17.8. The summed E-state index contributed by atoms with van der Waals surface area (Å²) in [5, 5.41) is 0. The molecule has 1 aromatic rings. The molecule has 0 spiro atoms. The molecule has 3 heteroatoms. The van der Waals surface area contributed by atoms with Gasteiger partial charge < -0.3 is 9.47 Å². The van der Waals surface area contributed by atoms with Crippen LogP contribution in [0.1, 0.15) is 84.5 Å². The molecule has 3 rings (SSSR count). The smallest absolute Gasteiger partial charge is 0.314 e. The third kappa shape index (κ3) is 5.99. The minimum Gasteiger partial charge on any atom is -0.494 e. The molecule has 0 amide bonds. The highest BCUT2D eigenvalue weighted by Gasteiger charge is 2.38. The van der Waals surface area contributed by atoms with Crippen LogP contribution in [-0.2, 0) is 4.79 Å². The van der Waals surface area contributed by atoms with E-state index in [-0.39, 0.29) is 11.9 Å². The second-order valence-corrected chi connectivity index (χ2v) is 8.95. The topological polar surface area (TPSA) is 35.5 Å². The maximum Gasteiger partial charge on any atom is 0.314 e. The van der Waals surface area contributed by atoms with E-state index in [1.807, 2.05) is 24.3 Å². The number of hydrogen-bond donors (Lipinski definition) is 0. The molecule has 0 bridgehead atoms. The zero-order chi connectivity index (χ0) is 19.8. The number of unbranched alkanes of at least 4 members (excludes halogenated alkanes) is 2. The Labute approximate surface area is 171 Å². The van der Waals surface area contributed by atoms with Crippen molar-refractivity contribution >= 4 is 5.97 Å². The summed E-state index contributed by atoms with van der Waals surface area (Å²) in [7, 11) is 0. The maximum atomic E-state index is 12.7. The normalized spacial score (nSPS) is 27.1. The van der Waals surface area contributed by atoms with Crippen molar-refractivity contribution in [3.05, 3.63) is 24.3 Å². The van der Waals surface area contributed by atoms with Crippen LogP contribution in [0.25, 0.3) is 0 Å². The van der Waals surface area contributed by atoms with Crippen LogP contribution in [0.5, 0.6) is 11.5 Å². The van der Waals surface area contributed by atoms with Crippen molar-refractivity contribution in [2.24, 2.45) is 23.7 Å². The van der Waals surface area contributed by atoms with E-state index in [2.05, 4.69) is 13.8 Å². The lowest BCUT2D eigenvalue weighted by molar-refractivity contribution is -0.141. The SMILES string of the molecule is CCCCCOc1ccc(OC(=O)C2CCC3CC(CCC)CCC3C2)cc1. The van der Waals surface area contributed by atoms with E-state index >= 15 is 0 Å².